The number of nitrogens with zero attached hydrogens (tertiary/aromatic N) is 1. The van der Waals surface area contributed by atoms with E-state index >= 15 is 0 Å². The third-order valence-corrected chi connectivity index (χ3v) is 5.40. The van der Waals surface area contributed by atoms with Crippen molar-refractivity contribution in [3.8, 4) is 0 Å². The van der Waals surface area contributed by atoms with Gasteiger partial charge >= 0.3 is 6.03 Å². The molecule has 0 unspecified atom stereocenters. The molecule has 0 aromatic carbocycles. The van der Waals surface area contributed by atoms with Crippen molar-refractivity contribution < 1.29 is 23.6 Å². The molecule has 1 aliphatic carbocycles. The number of nitrogens with one attached hydrogen (secondary N) is 3. The first-order valence-corrected chi connectivity index (χ1v) is 9.05. The summed E-state index contributed by atoms with van der Waals surface area (Å²) in [6.07, 6.45) is 3.31. The number of furan rings is 1. The number of amides is 5. The first-order valence-electron chi connectivity index (χ1n) is 9.05. The van der Waals surface area contributed by atoms with Crippen molar-refractivity contribution in [1.29, 1.82) is 0 Å². The van der Waals surface area contributed by atoms with Gasteiger partial charge in [-0.2, -0.15) is 0 Å². The van der Waals surface area contributed by atoms with Crippen LogP contribution in [-0.4, -0.2) is 40.7 Å². The normalized spacial score (nSPS) is 24.9. The third-order valence-electron chi connectivity index (χ3n) is 5.40. The number of rotatable bonds is 3. The number of urea groups is 1. The topological polar surface area (TPSA) is 121 Å². The summed E-state index contributed by atoms with van der Waals surface area (Å²) in [4.78, 5) is 50.2. The molecule has 1 aromatic rings. The second-order valence-corrected chi connectivity index (χ2v) is 7.27. The van der Waals surface area contributed by atoms with Crippen LogP contribution in [0.4, 0.5) is 4.79 Å². The van der Waals surface area contributed by atoms with Gasteiger partial charge in [-0.05, 0) is 38.7 Å². The molecule has 3 rings (SSSR count). The summed E-state index contributed by atoms with van der Waals surface area (Å²) in [6.45, 7) is 4.84. The zero-order chi connectivity index (χ0) is 19.8. The van der Waals surface area contributed by atoms with Crippen LogP contribution in [0.25, 0.3) is 0 Å². The summed E-state index contributed by atoms with van der Waals surface area (Å²) in [5.74, 6) is -0.542. The molecule has 2 heterocycles. The van der Waals surface area contributed by atoms with E-state index in [0.717, 1.165) is 24.2 Å². The standard InChI is InChI=1S/C18H24N4O5/c1-10-6-4-5-7-18(10)16(25)22(17(26)19-18)9-14(23)20-21-15(24)13-8-11(2)27-12(13)3/h8,10H,4-7,9H2,1-3H3,(H,19,26)(H,20,23)(H,21,24)/t10-,18-/m1/s1. The van der Waals surface area contributed by atoms with Gasteiger partial charge in [0.05, 0.1) is 5.56 Å². The highest BCUT2D eigenvalue weighted by molar-refractivity contribution is 6.09. The predicted molar refractivity (Wildman–Crippen MR) is 94.4 cm³/mol. The summed E-state index contributed by atoms with van der Waals surface area (Å²) in [7, 11) is 0. The number of imide groups is 1. The molecule has 1 saturated carbocycles. The van der Waals surface area contributed by atoms with E-state index in [1.54, 1.807) is 19.9 Å². The van der Waals surface area contributed by atoms with E-state index in [2.05, 4.69) is 16.2 Å². The van der Waals surface area contributed by atoms with Gasteiger partial charge in [-0.1, -0.05) is 19.8 Å². The number of hydrogen-bond donors (Lipinski definition) is 3. The lowest BCUT2D eigenvalue weighted by molar-refractivity contribution is -0.137. The van der Waals surface area contributed by atoms with Crippen LogP contribution >= 0.6 is 0 Å². The molecule has 27 heavy (non-hydrogen) atoms. The van der Waals surface area contributed by atoms with Gasteiger partial charge < -0.3 is 9.73 Å². The molecule has 2 aliphatic rings. The number of aryl methyl sites for hydroxylation is 2. The lowest BCUT2D eigenvalue weighted by atomic mass is 9.73. The molecule has 2 fully saturated rings. The fraction of sp³-hybridized carbons (Fsp3) is 0.556. The molecular formula is C18H24N4O5. The molecule has 0 bridgehead atoms. The van der Waals surface area contributed by atoms with Crippen molar-refractivity contribution in [1.82, 2.24) is 21.1 Å². The van der Waals surface area contributed by atoms with E-state index in [4.69, 9.17) is 4.42 Å². The molecule has 1 aromatic heterocycles. The lowest BCUT2D eigenvalue weighted by Crippen LogP contribution is -2.54. The van der Waals surface area contributed by atoms with Gasteiger partial charge in [0, 0.05) is 0 Å². The average molecular weight is 376 g/mol. The van der Waals surface area contributed by atoms with Gasteiger partial charge in [0.15, 0.2) is 0 Å². The minimum Gasteiger partial charge on any atom is -0.466 e. The zero-order valence-corrected chi connectivity index (χ0v) is 15.7. The fourth-order valence-corrected chi connectivity index (χ4v) is 3.87. The summed E-state index contributed by atoms with van der Waals surface area (Å²) < 4.78 is 5.27. The Hall–Kier alpha value is -2.84. The summed E-state index contributed by atoms with van der Waals surface area (Å²) in [5.41, 5.74) is 3.89. The Morgan fingerprint density at radius 1 is 1.30 bits per heavy atom. The summed E-state index contributed by atoms with van der Waals surface area (Å²) in [5, 5.41) is 2.78. The van der Waals surface area contributed by atoms with Crippen molar-refractivity contribution in [2.75, 3.05) is 6.54 Å². The SMILES string of the molecule is Cc1cc(C(=O)NNC(=O)CN2C(=O)N[C@@]3(CCCC[C@H]3C)C2=O)c(C)o1. The first-order chi connectivity index (χ1) is 12.7. The molecule has 146 valence electrons. The van der Waals surface area contributed by atoms with Crippen molar-refractivity contribution in [2.45, 2.75) is 52.0 Å². The highest BCUT2D eigenvalue weighted by Gasteiger charge is 2.55. The maximum absolute atomic E-state index is 12.8. The molecule has 1 aliphatic heterocycles. The monoisotopic (exact) mass is 376 g/mol. The molecule has 2 atom stereocenters. The van der Waals surface area contributed by atoms with Crippen LogP contribution < -0.4 is 16.2 Å². The summed E-state index contributed by atoms with van der Waals surface area (Å²) in [6, 6.07) is 0.985. The van der Waals surface area contributed by atoms with Gasteiger partial charge in [0.2, 0.25) is 0 Å². The lowest BCUT2D eigenvalue weighted by Gasteiger charge is -2.36. The largest absolute Gasteiger partial charge is 0.466 e. The van der Waals surface area contributed by atoms with Gasteiger partial charge in [0.25, 0.3) is 17.7 Å². The van der Waals surface area contributed by atoms with E-state index in [-0.39, 0.29) is 11.8 Å². The minimum absolute atomic E-state index is 0.0165. The van der Waals surface area contributed by atoms with Crippen LogP contribution in [0, 0.1) is 19.8 Å². The van der Waals surface area contributed by atoms with Gasteiger partial charge in [0.1, 0.15) is 23.6 Å². The molecule has 1 saturated heterocycles. The Morgan fingerprint density at radius 3 is 2.67 bits per heavy atom. The maximum Gasteiger partial charge on any atom is 0.325 e. The van der Waals surface area contributed by atoms with Crippen LogP contribution in [0.15, 0.2) is 10.5 Å². The van der Waals surface area contributed by atoms with Crippen LogP contribution in [0.5, 0.6) is 0 Å². The van der Waals surface area contributed by atoms with Gasteiger partial charge in [-0.25, -0.2) is 4.79 Å². The van der Waals surface area contributed by atoms with E-state index in [0.29, 0.717) is 23.5 Å². The summed E-state index contributed by atoms with van der Waals surface area (Å²) >= 11 is 0. The van der Waals surface area contributed by atoms with E-state index < -0.39 is 29.9 Å². The maximum atomic E-state index is 12.8. The smallest absolute Gasteiger partial charge is 0.325 e. The van der Waals surface area contributed by atoms with E-state index in [1.807, 2.05) is 6.92 Å². The predicted octanol–water partition coefficient (Wildman–Crippen LogP) is 1.16. The van der Waals surface area contributed by atoms with E-state index in [1.165, 1.54) is 0 Å². The zero-order valence-electron chi connectivity index (χ0n) is 15.7. The number of hydrazine groups is 1. The number of hydrogen-bond acceptors (Lipinski definition) is 5. The Morgan fingerprint density at radius 2 is 2.04 bits per heavy atom. The molecule has 5 amide bonds. The fourth-order valence-electron chi connectivity index (χ4n) is 3.87. The van der Waals surface area contributed by atoms with Crippen LogP contribution in [0.3, 0.4) is 0 Å². The molecule has 0 radical (unpaired) electrons. The second-order valence-electron chi connectivity index (χ2n) is 7.27. The quantitative estimate of drug-likeness (QED) is 0.540. The molecule has 1 spiro atoms. The van der Waals surface area contributed by atoms with Crippen molar-refractivity contribution in [3.63, 3.8) is 0 Å². The van der Waals surface area contributed by atoms with E-state index in [9.17, 15) is 19.2 Å². The molecule has 9 nitrogen and oxygen atoms in total. The number of carbonyl (C=O) groups is 4. The molecule has 3 N–H and O–H groups in total. The Balaban J connectivity index is 1.59. The highest BCUT2D eigenvalue weighted by Crippen LogP contribution is 2.38. The highest BCUT2D eigenvalue weighted by atomic mass is 16.3. The third kappa shape index (κ3) is 3.41. The Labute approximate surface area is 156 Å². The van der Waals surface area contributed by atoms with Gasteiger partial charge in [-0.3, -0.25) is 30.1 Å². The van der Waals surface area contributed by atoms with Crippen LogP contribution in [-0.2, 0) is 9.59 Å². The Kier molecular flexibility index (Phi) is 4.95. The Bertz CT molecular complexity index is 802. The van der Waals surface area contributed by atoms with Crippen LogP contribution in [0.1, 0.15) is 54.5 Å². The van der Waals surface area contributed by atoms with Crippen molar-refractivity contribution >= 4 is 23.8 Å². The first kappa shape index (κ1) is 18.9. The second kappa shape index (κ2) is 7.05. The van der Waals surface area contributed by atoms with Crippen molar-refractivity contribution in [2.24, 2.45) is 5.92 Å². The average Bonchev–Trinajstić information content (AvgIpc) is 3.07. The minimum atomic E-state index is -0.912. The van der Waals surface area contributed by atoms with Gasteiger partial charge in [-0.15, -0.1) is 0 Å². The van der Waals surface area contributed by atoms with Crippen molar-refractivity contribution in [3.05, 3.63) is 23.2 Å². The molecule has 9 heteroatoms. The van der Waals surface area contributed by atoms with Crippen LogP contribution in [0.2, 0.25) is 0 Å². The molecular weight excluding hydrogens is 352 g/mol. The number of carbonyl (C=O) groups excluding carboxylic acids is 4.